The zero-order chi connectivity index (χ0) is 14.2. The van der Waals surface area contributed by atoms with E-state index in [-0.39, 0.29) is 17.1 Å². The minimum absolute atomic E-state index is 0.00318. The molecule has 1 aliphatic carbocycles. The van der Waals surface area contributed by atoms with E-state index in [1.54, 1.807) is 20.2 Å². The minimum atomic E-state index is -0.433. The summed E-state index contributed by atoms with van der Waals surface area (Å²) in [7, 11) is 3.30. The van der Waals surface area contributed by atoms with Crippen molar-refractivity contribution < 1.29 is 9.72 Å². The quantitative estimate of drug-likeness (QED) is 0.667. The number of hydrogen-bond acceptors (Lipinski definition) is 4. The Hall–Kier alpha value is -2.11. The summed E-state index contributed by atoms with van der Waals surface area (Å²) < 4.78 is 0. The van der Waals surface area contributed by atoms with Gasteiger partial charge in [0.05, 0.1) is 4.92 Å². The highest BCUT2D eigenvalue weighted by molar-refractivity contribution is 5.95. The van der Waals surface area contributed by atoms with E-state index in [1.807, 2.05) is 6.92 Å². The number of nitrogens with zero attached hydrogens (tertiary/aromatic N) is 2. The molecular weight excluding hydrogens is 246 g/mol. The third kappa shape index (κ3) is 2.83. The molecule has 1 amide bonds. The molecule has 0 saturated heterocycles. The Morgan fingerprint density at radius 3 is 2.53 bits per heavy atom. The number of amides is 1. The first kappa shape index (κ1) is 13.3. The van der Waals surface area contributed by atoms with Crippen LogP contribution in [0, 0.1) is 10.1 Å². The Morgan fingerprint density at radius 2 is 2.05 bits per heavy atom. The van der Waals surface area contributed by atoms with Crippen molar-refractivity contribution in [3.05, 3.63) is 33.9 Å². The molecule has 0 spiro atoms. The highest BCUT2D eigenvalue weighted by atomic mass is 16.6. The lowest BCUT2D eigenvalue weighted by atomic mass is 10.1. The fourth-order valence-corrected chi connectivity index (χ4v) is 1.82. The molecule has 19 heavy (non-hydrogen) atoms. The highest BCUT2D eigenvalue weighted by Crippen LogP contribution is 2.40. The van der Waals surface area contributed by atoms with Gasteiger partial charge in [-0.05, 0) is 31.9 Å². The average molecular weight is 263 g/mol. The number of carbonyl (C=O) groups excluding carboxylic acids is 1. The van der Waals surface area contributed by atoms with Crippen LogP contribution in [-0.2, 0) is 0 Å². The van der Waals surface area contributed by atoms with E-state index in [2.05, 4.69) is 5.32 Å². The molecule has 1 aliphatic rings. The summed E-state index contributed by atoms with van der Waals surface area (Å²) in [6, 6.07) is 4.43. The smallest absolute Gasteiger partial charge is 0.292 e. The van der Waals surface area contributed by atoms with Crippen LogP contribution >= 0.6 is 0 Å². The first-order valence-electron chi connectivity index (χ1n) is 6.11. The second-order valence-electron chi connectivity index (χ2n) is 5.37. The SMILES string of the molecule is CN(C)C(=O)c1ccc([N+](=O)[O-])c(NC2(C)CC2)c1. The van der Waals surface area contributed by atoms with Gasteiger partial charge in [0.2, 0.25) is 0 Å². The standard InChI is InChI=1S/C13H17N3O3/c1-13(6-7-13)14-10-8-9(12(17)15(2)3)4-5-11(10)16(18)19/h4-5,8,14H,6-7H2,1-3H3. The second-order valence-corrected chi connectivity index (χ2v) is 5.37. The number of rotatable bonds is 4. The number of nitrogens with one attached hydrogen (secondary N) is 1. The number of nitro groups is 1. The molecule has 0 bridgehead atoms. The number of anilines is 1. The molecular formula is C13H17N3O3. The number of nitro benzene ring substituents is 1. The van der Waals surface area contributed by atoms with Gasteiger partial charge in [0.25, 0.3) is 11.6 Å². The largest absolute Gasteiger partial charge is 0.374 e. The molecule has 0 heterocycles. The first-order valence-corrected chi connectivity index (χ1v) is 6.11. The lowest BCUT2D eigenvalue weighted by Gasteiger charge is -2.15. The average Bonchev–Trinajstić information content (AvgIpc) is 3.05. The van der Waals surface area contributed by atoms with Crippen LogP contribution in [0.4, 0.5) is 11.4 Å². The van der Waals surface area contributed by atoms with Crippen LogP contribution in [0.5, 0.6) is 0 Å². The van der Waals surface area contributed by atoms with Crippen molar-refractivity contribution in [3.8, 4) is 0 Å². The Morgan fingerprint density at radius 1 is 1.42 bits per heavy atom. The summed E-state index contributed by atoms with van der Waals surface area (Å²) in [6.45, 7) is 2.01. The van der Waals surface area contributed by atoms with Crippen molar-refractivity contribution >= 4 is 17.3 Å². The maximum Gasteiger partial charge on any atom is 0.292 e. The minimum Gasteiger partial charge on any atom is -0.374 e. The van der Waals surface area contributed by atoms with Gasteiger partial charge in [-0.1, -0.05) is 0 Å². The Balaban J connectivity index is 2.37. The lowest BCUT2D eigenvalue weighted by molar-refractivity contribution is -0.384. The number of benzene rings is 1. The van der Waals surface area contributed by atoms with Gasteiger partial charge in [-0.2, -0.15) is 0 Å². The van der Waals surface area contributed by atoms with Gasteiger partial charge in [-0.25, -0.2) is 0 Å². The normalized spacial score (nSPS) is 15.7. The van der Waals surface area contributed by atoms with Gasteiger partial charge in [-0.15, -0.1) is 0 Å². The van der Waals surface area contributed by atoms with Crippen LogP contribution in [0.2, 0.25) is 0 Å². The summed E-state index contributed by atoms with van der Waals surface area (Å²) >= 11 is 0. The summed E-state index contributed by atoms with van der Waals surface area (Å²) in [5.74, 6) is -0.168. The highest BCUT2D eigenvalue weighted by Gasteiger charge is 2.38. The van der Waals surface area contributed by atoms with E-state index >= 15 is 0 Å². The Labute approximate surface area is 111 Å². The molecule has 6 nitrogen and oxygen atoms in total. The van der Waals surface area contributed by atoms with E-state index in [0.717, 1.165) is 12.8 Å². The van der Waals surface area contributed by atoms with Crippen LogP contribution in [-0.4, -0.2) is 35.4 Å². The van der Waals surface area contributed by atoms with Crippen molar-refractivity contribution in [2.45, 2.75) is 25.3 Å². The molecule has 1 aromatic rings. The fraction of sp³-hybridized carbons (Fsp3) is 0.462. The summed E-state index contributed by atoms with van der Waals surface area (Å²) in [5.41, 5.74) is 0.786. The molecule has 0 radical (unpaired) electrons. The van der Waals surface area contributed by atoms with Crippen molar-refractivity contribution in [2.24, 2.45) is 0 Å². The van der Waals surface area contributed by atoms with Crippen molar-refractivity contribution in [1.82, 2.24) is 4.90 Å². The molecule has 2 rings (SSSR count). The van der Waals surface area contributed by atoms with Gasteiger partial charge in [0.15, 0.2) is 0 Å². The summed E-state index contributed by atoms with van der Waals surface area (Å²) in [5, 5.41) is 14.2. The van der Waals surface area contributed by atoms with Gasteiger partial charge in [0, 0.05) is 31.3 Å². The molecule has 1 aromatic carbocycles. The number of carbonyl (C=O) groups is 1. The second kappa shape index (κ2) is 4.53. The van der Waals surface area contributed by atoms with Crippen LogP contribution in [0.15, 0.2) is 18.2 Å². The summed E-state index contributed by atoms with van der Waals surface area (Å²) in [4.78, 5) is 23.9. The maximum absolute atomic E-state index is 11.9. The molecule has 0 aliphatic heterocycles. The number of hydrogen-bond donors (Lipinski definition) is 1. The first-order chi connectivity index (χ1) is 8.82. The van der Waals surface area contributed by atoms with E-state index < -0.39 is 4.92 Å². The Bertz CT molecular complexity index is 536. The molecule has 1 fully saturated rings. The van der Waals surface area contributed by atoms with Crippen LogP contribution in [0.1, 0.15) is 30.1 Å². The zero-order valence-electron chi connectivity index (χ0n) is 11.3. The monoisotopic (exact) mass is 263 g/mol. The maximum atomic E-state index is 11.9. The van der Waals surface area contributed by atoms with Crippen molar-refractivity contribution in [3.63, 3.8) is 0 Å². The molecule has 102 valence electrons. The van der Waals surface area contributed by atoms with Crippen LogP contribution in [0.3, 0.4) is 0 Å². The third-order valence-corrected chi connectivity index (χ3v) is 3.28. The predicted molar refractivity (Wildman–Crippen MR) is 72.4 cm³/mol. The topological polar surface area (TPSA) is 75.5 Å². The lowest BCUT2D eigenvalue weighted by Crippen LogP contribution is -2.22. The zero-order valence-corrected chi connectivity index (χ0v) is 11.3. The van der Waals surface area contributed by atoms with E-state index in [4.69, 9.17) is 0 Å². The third-order valence-electron chi connectivity index (χ3n) is 3.28. The van der Waals surface area contributed by atoms with Crippen LogP contribution in [0.25, 0.3) is 0 Å². The Kier molecular flexibility index (Phi) is 3.18. The molecule has 0 aromatic heterocycles. The van der Waals surface area contributed by atoms with Crippen molar-refractivity contribution in [2.75, 3.05) is 19.4 Å². The van der Waals surface area contributed by atoms with E-state index in [9.17, 15) is 14.9 Å². The molecule has 0 atom stereocenters. The van der Waals surface area contributed by atoms with Crippen molar-refractivity contribution in [1.29, 1.82) is 0 Å². The molecule has 1 N–H and O–H groups in total. The summed E-state index contributed by atoms with van der Waals surface area (Å²) in [6.07, 6.45) is 1.96. The fourth-order valence-electron chi connectivity index (χ4n) is 1.82. The van der Waals surface area contributed by atoms with E-state index in [1.165, 1.54) is 17.0 Å². The predicted octanol–water partition coefficient (Wildman–Crippen LogP) is 2.26. The molecule has 1 saturated carbocycles. The van der Waals surface area contributed by atoms with Crippen LogP contribution < -0.4 is 5.32 Å². The molecule has 6 heteroatoms. The van der Waals surface area contributed by atoms with Gasteiger partial charge in [0.1, 0.15) is 5.69 Å². The van der Waals surface area contributed by atoms with Gasteiger partial charge < -0.3 is 10.2 Å². The molecule has 0 unspecified atom stereocenters. The van der Waals surface area contributed by atoms with Gasteiger partial charge >= 0.3 is 0 Å². The van der Waals surface area contributed by atoms with Gasteiger partial charge in [-0.3, -0.25) is 14.9 Å². The van der Waals surface area contributed by atoms with E-state index in [0.29, 0.717) is 11.3 Å².